The minimum absolute atomic E-state index is 0.243. The predicted molar refractivity (Wildman–Crippen MR) is 105 cm³/mol. The Bertz CT molecular complexity index is 902. The normalized spacial score (nSPS) is 12.0. The third-order valence-electron chi connectivity index (χ3n) is 3.63. The van der Waals surface area contributed by atoms with Gasteiger partial charge in [0.25, 0.3) is 5.56 Å². The number of imide groups is 1. The van der Waals surface area contributed by atoms with Crippen molar-refractivity contribution < 1.29 is 14.3 Å². The Balaban J connectivity index is 2.35. The van der Waals surface area contributed by atoms with Crippen molar-refractivity contribution in [3.8, 4) is 0 Å². The maximum Gasteiger partial charge on any atom is 0.321 e. The van der Waals surface area contributed by atoms with E-state index in [1.807, 2.05) is 0 Å². The fourth-order valence-electron chi connectivity index (χ4n) is 2.27. The number of hydrogen-bond donors (Lipinski definition) is 2. The third kappa shape index (κ3) is 5.44. The summed E-state index contributed by atoms with van der Waals surface area (Å²) in [5.74, 6) is -0.482. The average molecular weight is 413 g/mol. The highest BCUT2D eigenvalue weighted by Crippen LogP contribution is 2.24. The van der Waals surface area contributed by atoms with Crippen molar-refractivity contribution in [3.05, 3.63) is 33.6 Å². The Morgan fingerprint density at radius 1 is 1.41 bits per heavy atom. The molecule has 0 fully saturated rings. The van der Waals surface area contributed by atoms with Gasteiger partial charge in [-0.2, -0.15) is 0 Å². The minimum Gasteiger partial charge on any atom is -0.383 e. The highest BCUT2D eigenvalue weighted by atomic mass is 35.5. The lowest BCUT2D eigenvalue weighted by Crippen LogP contribution is -2.42. The van der Waals surface area contributed by atoms with Gasteiger partial charge in [-0.3, -0.25) is 19.5 Å². The molecule has 146 valence electrons. The van der Waals surface area contributed by atoms with Gasteiger partial charge in [0.2, 0.25) is 5.91 Å². The Labute approximate surface area is 165 Å². The average Bonchev–Trinajstić information content (AvgIpc) is 2.61. The van der Waals surface area contributed by atoms with E-state index in [-0.39, 0.29) is 12.1 Å². The first kappa shape index (κ1) is 21.2. The first-order valence-corrected chi connectivity index (χ1v) is 9.57. The van der Waals surface area contributed by atoms with Crippen LogP contribution < -0.4 is 16.2 Å². The molecule has 2 N–H and O–H groups in total. The predicted octanol–water partition coefficient (Wildman–Crippen LogP) is 2.02. The van der Waals surface area contributed by atoms with Gasteiger partial charge in [0.05, 0.1) is 29.3 Å². The summed E-state index contributed by atoms with van der Waals surface area (Å²) in [4.78, 5) is 41.1. The van der Waals surface area contributed by atoms with Gasteiger partial charge in [-0.1, -0.05) is 23.4 Å². The van der Waals surface area contributed by atoms with E-state index in [1.54, 1.807) is 32.0 Å². The fraction of sp³-hybridized carbons (Fsp3) is 0.412. The minimum atomic E-state index is -0.648. The van der Waals surface area contributed by atoms with Crippen LogP contribution in [0.4, 0.5) is 4.79 Å². The molecule has 1 aromatic carbocycles. The number of nitrogens with one attached hydrogen (secondary N) is 2. The van der Waals surface area contributed by atoms with Gasteiger partial charge in [-0.05, 0) is 32.0 Å². The summed E-state index contributed by atoms with van der Waals surface area (Å²) in [6.45, 7) is 4.39. The molecule has 0 bridgehead atoms. The molecule has 1 atom stereocenters. The molecule has 0 saturated carbocycles. The maximum atomic E-state index is 12.8. The first-order valence-electron chi connectivity index (χ1n) is 8.31. The molecule has 2 rings (SSSR count). The number of halogens is 1. The summed E-state index contributed by atoms with van der Waals surface area (Å²) in [7, 11) is 1.54. The lowest BCUT2D eigenvalue weighted by atomic mass is 10.2. The highest BCUT2D eigenvalue weighted by molar-refractivity contribution is 8.00. The van der Waals surface area contributed by atoms with Crippen molar-refractivity contribution in [2.24, 2.45) is 0 Å². The number of rotatable bonds is 7. The van der Waals surface area contributed by atoms with E-state index in [1.165, 1.54) is 11.7 Å². The van der Waals surface area contributed by atoms with Crippen LogP contribution in [0, 0.1) is 0 Å². The molecule has 2 aromatic rings. The molecule has 1 aromatic heterocycles. The van der Waals surface area contributed by atoms with Gasteiger partial charge >= 0.3 is 6.03 Å². The number of ether oxygens (including phenoxy) is 1. The number of nitrogens with zero attached hydrogens (tertiary/aromatic N) is 2. The Hall–Kier alpha value is -2.10. The first-order chi connectivity index (χ1) is 12.9. The van der Waals surface area contributed by atoms with Gasteiger partial charge in [0, 0.05) is 18.7 Å². The molecular formula is C17H21ClN4O4S. The zero-order valence-electron chi connectivity index (χ0n) is 15.2. The van der Waals surface area contributed by atoms with Gasteiger partial charge < -0.3 is 10.1 Å². The van der Waals surface area contributed by atoms with Crippen molar-refractivity contribution in [2.75, 3.05) is 20.3 Å². The Kier molecular flexibility index (Phi) is 7.64. The molecular weight excluding hydrogens is 392 g/mol. The van der Waals surface area contributed by atoms with Gasteiger partial charge in [-0.25, -0.2) is 9.78 Å². The number of amides is 3. The van der Waals surface area contributed by atoms with Crippen molar-refractivity contribution in [3.63, 3.8) is 0 Å². The van der Waals surface area contributed by atoms with Gasteiger partial charge in [0.1, 0.15) is 0 Å². The lowest BCUT2D eigenvalue weighted by Gasteiger charge is -2.16. The van der Waals surface area contributed by atoms with Crippen molar-refractivity contribution in [2.45, 2.75) is 30.8 Å². The van der Waals surface area contributed by atoms with E-state index < -0.39 is 17.2 Å². The number of hydrogen-bond acceptors (Lipinski definition) is 6. The monoisotopic (exact) mass is 412 g/mol. The standard InChI is InChI=1S/C17H21ClN4O4S/c1-4-19-16(25)21-14(23)10(2)27-17-20-13-9-11(18)5-6-12(13)15(24)22(17)7-8-26-3/h5-6,9-10H,4,7-8H2,1-3H3,(H2,19,21,23,25)/t10-/m1/s1. The second-order valence-electron chi connectivity index (χ2n) is 5.61. The molecule has 3 amide bonds. The Morgan fingerprint density at radius 2 is 2.15 bits per heavy atom. The van der Waals surface area contributed by atoms with Crippen molar-refractivity contribution in [1.29, 1.82) is 0 Å². The molecule has 0 aliphatic heterocycles. The Morgan fingerprint density at radius 3 is 2.81 bits per heavy atom. The van der Waals surface area contributed by atoms with E-state index in [0.717, 1.165) is 11.8 Å². The topological polar surface area (TPSA) is 102 Å². The third-order valence-corrected chi connectivity index (χ3v) is 4.95. The van der Waals surface area contributed by atoms with E-state index in [2.05, 4.69) is 15.6 Å². The smallest absolute Gasteiger partial charge is 0.321 e. The number of carbonyl (C=O) groups excluding carboxylic acids is 2. The summed E-state index contributed by atoms with van der Waals surface area (Å²) >= 11 is 7.09. The van der Waals surface area contributed by atoms with Gasteiger partial charge in [0.15, 0.2) is 5.16 Å². The highest BCUT2D eigenvalue weighted by Gasteiger charge is 2.21. The second-order valence-corrected chi connectivity index (χ2v) is 7.36. The lowest BCUT2D eigenvalue weighted by molar-refractivity contribution is -0.119. The zero-order chi connectivity index (χ0) is 20.0. The van der Waals surface area contributed by atoms with Gasteiger partial charge in [-0.15, -0.1) is 0 Å². The number of methoxy groups -OCH3 is 1. The fourth-order valence-corrected chi connectivity index (χ4v) is 3.37. The second kappa shape index (κ2) is 9.72. The number of carbonyl (C=O) groups is 2. The van der Waals surface area contributed by atoms with Crippen LogP contribution in [0.3, 0.4) is 0 Å². The summed E-state index contributed by atoms with van der Waals surface area (Å²) < 4.78 is 6.53. The molecule has 0 saturated heterocycles. The van der Waals surface area contributed by atoms with Crippen LogP contribution >= 0.6 is 23.4 Å². The van der Waals surface area contributed by atoms with Crippen LogP contribution in [-0.4, -0.2) is 47.0 Å². The molecule has 0 spiro atoms. The molecule has 1 heterocycles. The van der Waals surface area contributed by atoms with E-state index in [4.69, 9.17) is 16.3 Å². The molecule has 8 nitrogen and oxygen atoms in total. The maximum absolute atomic E-state index is 12.8. The van der Waals surface area contributed by atoms with Crippen LogP contribution in [0.2, 0.25) is 5.02 Å². The summed E-state index contributed by atoms with van der Waals surface area (Å²) in [5, 5.41) is 5.34. The number of benzene rings is 1. The van der Waals surface area contributed by atoms with Crippen LogP contribution in [0.5, 0.6) is 0 Å². The van der Waals surface area contributed by atoms with E-state index >= 15 is 0 Å². The molecule has 0 radical (unpaired) electrons. The quantitative estimate of drug-likeness (QED) is 0.532. The molecule has 0 aliphatic carbocycles. The molecule has 27 heavy (non-hydrogen) atoms. The van der Waals surface area contributed by atoms with Crippen LogP contribution in [-0.2, 0) is 16.1 Å². The summed E-state index contributed by atoms with van der Waals surface area (Å²) in [6.07, 6.45) is 0. The zero-order valence-corrected chi connectivity index (χ0v) is 16.8. The molecule has 0 aliphatic rings. The number of aromatic nitrogens is 2. The SMILES string of the molecule is CCNC(=O)NC(=O)[C@@H](C)Sc1nc2cc(Cl)ccc2c(=O)n1CCOC. The molecule has 10 heteroatoms. The van der Waals surface area contributed by atoms with Crippen molar-refractivity contribution >= 4 is 46.2 Å². The molecule has 0 unspecified atom stereocenters. The van der Waals surface area contributed by atoms with E-state index in [9.17, 15) is 14.4 Å². The van der Waals surface area contributed by atoms with Crippen LogP contribution in [0.25, 0.3) is 10.9 Å². The number of thioether (sulfide) groups is 1. The number of fused-ring (bicyclic) bond motifs is 1. The number of urea groups is 1. The van der Waals surface area contributed by atoms with Crippen molar-refractivity contribution in [1.82, 2.24) is 20.2 Å². The largest absolute Gasteiger partial charge is 0.383 e. The summed E-state index contributed by atoms with van der Waals surface area (Å²) in [5.41, 5.74) is 0.201. The summed E-state index contributed by atoms with van der Waals surface area (Å²) in [6, 6.07) is 4.28. The van der Waals surface area contributed by atoms with Crippen LogP contribution in [0.15, 0.2) is 28.2 Å². The van der Waals surface area contributed by atoms with E-state index in [0.29, 0.717) is 34.2 Å². The van der Waals surface area contributed by atoms with Crippen LogP contribution in [0.1, 0.15) is 13.8 Å².